The molecule has 1 heterocycles. The third kappa shape index (κ3) is 4.46. The Kier molecular flexibility index (Phi) is 5.98. The van der Waals surface area contributed by atoms with Crippen molar-refractivity contribution in [3.63, 3.8) is 0 Å². The van der Waals surface area contributed by atoms with E-state index in [2.05, 4.69) is 6.92 Å². The number of hydrogen-bond acceptors (Lipinski definition) is 4. The SMILES string of the molecule is CCS[C@H]1CCCCN(C(=O)[C@@H](C)S(C)(=O)=O)C1. The molecule has 1 amide bonds. The van der Waals surface area contributed by atoms with Crippen molar-refractivity contribution >= 4 is 27.5 Å². The van der Waals surface area contributed by atoms with Crippen molar-refractivity contribution in [2.75, 3.05) is 25.1 Å². The van der Waals surface area contributed by atoms with E-state index in [0.717, 1.165) is 31.3 Å². The van der Waals surface area contributed by atoms with Crippen LogP contribution in [0.1, 0.15) is 33.1 Å². The van der Waals surface area contributed by atoms with Gasteiger partial charge in [0, 0.05) is 24.6 Å². The van der Waals surface area contributed by atoms with E-state index in [-0.39, 0.29) is 5.91 Å². The van der Waals surface area contributed by atoms with E-state index < -0.39 is 15.1 Å². The van der Waals surface area contributed by atoms with Gasteiger partial charge in [0.1, 0.15) is 5.25 Å². The van der Waals surface area contributed by atoms with E-state index >= 15 is 0 Å². The van der Waals surface area contributed by atoms with Crippen LogP contribution in [0.3, 0.4) is 0 Å². The lowest BCUT2D eigenvalue weighted by Crippen LogP contribution is -2.43. The minimum atomic E-state index is -3.29. The first-order valence-electron chi connectivity index (χ1n) is 6.45. The highest BCUT2D eigenvalue weighted by Gasteiger charge is 2.30. The number of amides is 1. The van der Waals surface area contributed by atoms with Crippen LogP contribution < -0.4 is 0 Å². The summed E-state index contributed by atoms with van der Waals surface area (Å²) in [6.07, 6.45) is 4.35. The van der Waals surface area contributed by atoms with E-state index in [1.54, 1.807) is 4.90 Å². The van der Waals surface area contributed by atoms with Crippen LogP contribution in [-0.4, -0.2) is 54.8 Å². The van der Waals surface area contributed by atoms with Gasteiger partial charge in [0.2, 0.25) is 5.91 Å². The Hall–Kier alpha value is -0.230. The van der Waals surface area contributed by atoms with Crippen molar-refractivity contribution in [1.82, 2.24) is 4.90 Å². The zero-order valence-corrected chi connectivity index (χ0v) is 13.0. The normalized spacial score (nSPS) is 23.5. The fourth-order valence-electron chi connectivity index (χ4n) is 2.12. The molecule has 0 aromatic heterocycles. The van der Waals surface area contributed by atoms with Crippen LogP contribution >= 0.6 is 11.8 Å². The Morgan fingerprint density at radius 3 is 2.67 bits per heavy atom. The van der Waals surface area contributed by atoms with Gasteiger partial charge in [-0.05, 0) is 25.5 Å². The minimum absolute atomic E-state index is 0.235. The average Bonchev–Trinajstić information content (AvgIpc) is 2.52. The summed E-state index contributed by atoms with van der Waals surface area (Å²) in [4.78, 5) is 13.9. The van der Waals surface area contributed by atoms with Crippen LogP contribution in [0, 0.1) is 0 Å². The summed E-state index contributed by atoms with van der Waals surface area (Å²) < 4.78 is 22.9. The number of nitrogens with zero attached hydrogens (tertiary/aromatic N) is 1. The first-order valence-corrected chi connectivity index (χ1v) is 9.45. The van der Waals surface area contributed by atoms with Crippen LogP contribution in [0.2, 0.25) is 0 Å². The van der Waals surface area contributed by atoms with Crippen molar-refractivity contribution in [3.05, 3.63) is 0 Å². The van der Waals surface area contributed by atoms with Gasteiger partial charge >= 0.3 is 0 Å². The third-order valence-corrected chi connectivity index (χ3v) is 6.01. The highest BCUT2D eigenvalue weighted by Crippen LogP contribution is 2.22. The standard InChI is InChI=1S/C12H23NO3S2/c1-4-17-11-7-5-6-8-13(9-11)12(14)10(2)18(3,15)16/h10-11H,4-9H2,1-3H3/t10-,11+/m1/s1. The predicted octanol–water partition coefficient (Wildman–Crippen LogP) is 1.55. The molecule has 1 saturated heterocycles. The van der Waals surface area contributed by atoms with Gasteiger partial charge in [-0.1, -0.05) is 13.3 Å². The molecule has 1 rings (SSSR count). The largest absolute Gasteiger partial charge is 0.340 e. The second kappa shape index (κ2) is 6.80. The van der Waals surface area contributed by atoms with E-state index in [1.807, 2.05) is 11.8 Å². The minimum Gasteiger partial charge on any atom is -0.340 e. The number of thioether (sulfide) groups is 1. The summed E-state index contributed by atoms with van der Waals surface area (Å²) in [5, 5.41) is -0.462. The first kappa shape index (κ1) is 15.8. The highest BCUT2D eigenvalue weighted by atomic mass is 32.2. The van der Waals surface area contributed by atoms with Gasteiger partial charge in [-0.15, -0.1) is 0 Å². The molecule has 0 N–H and O–H groups in total. The molecule has 106 valence electrons. The van der Waals surface area contributed by atoms with Crippen molar-refractivity contribution in [2.45, 2.75) is 43.6 Å². The molecule has 0 radical (unpaired) electrons. The van der Waals surface area contributed by atoms with Gasteiger partial charge in [-0.2, -0.15) is 11.8 Å². The molecule has 18 heavy (non-hydrogen) atoms. The summed E-state index contributed by atoms with van der Waals surface area (Å²) in [5.74, 6) is 0.801. The molecule has 4 nitrogen and oxygen atoms in total. The Morgan fingerprint density at radius 1 is 1.44 bits per heavy atom. The van der Waals surface area contributed by atoms with Crippen molar-refractivity contribution < 1.29 is 13.2 Å². The molecule has 2 atom stereocenters. The molecule has 6 heteroatoms. The molecule has 0 aromatic rings. The van der Waals surface area contributed by atoms with Gasteiger partial charge in [0.25, 0.3) is 0 Å². The third-order valence-electron chi connectivity index (χ3n) is 3.33. The Labute approximate surface area is 114 Å². The quantitative estimate of drug-likeness (QED) is 0.789. The average molecular weight is 293 g/mol. The smallest absolute Gasteiger partial charge is 0.240 e. The number of carbonyl (C=O) groups is 1. The molecule has 0 aromatic carbocycles. The van der Waals surface area contributed by atoms with Crippen LogP contribution in [0.25, 0.3) is 0 Å². The molecule has 1 fully saturated rings. The molecule has 0 saturated carbocycles. The highest BCUT2D eigenvalue weighted by molar-refractivity contribution is 7.99. The lowest BCUT2D eigenvalue weighted by atomic mass is 10.2. The zero-order valence-electron chi connectivity index (χ0n) is 11.4. The molecular weight excluding hydrogens is 270 g/mol. The van der Waals surface area contributed by atoms with Crippen molar-refractivity contribution in [1.29, 1.82) is 0 Å². The lowest BCUT2D eigenvalue weighted by Gasteiger charge is -2.26. The molecule has 0 bridgehead atoms. The summed E-state index contributed by atoms with van der Waals surface area (Å²) >= 11 is 1.86. The number of likely N-dealkylation sites (tertiary alicyclic amines) is 1. The molecule has 1 aliphatic heterocycles. The Morgan fingerprint density at radius 2 is 2.11 bits per heavy atom. The van der Waals surface area contributed by atoms with E-state index in [9.17, 15) is 13.2 Å². The number of hydrogen-bond donors (Lipinski definition) is 0. The number of sulfone groups is 1. The van der Waals surface area contributed by atoms with Gasteiger partial charge in [-0.25, -0.2) is 8.42 Å². The van der Waals surface area contributed by atoms with Crippen LogP contribution in [0.5, 0.6) is 0 Å². The molecule has 1 aliphatic rings. The summed E-state index contributed by atoms with van der Waals surface area (Å²) in [6.45, 7) is 4.99. The second-order valence-electron chi connectivity index (χ2n) is 4.83. The molecule has 0 aliphatic carbocycles. The Bertz CT molecular complexity index is 381. The van der Waals surface area contributed by atoms with Crippen LogP contribution in [-0.2, 0) is 14.6 Å². The lowest BCUT2D eigenvalue weighted by molar-refractivity contribution is -0.130. The van der Waals surface area contributed by atoms with Crippen LogP contribution in [0.4, 0.5) is 0 Å². The predicted molar refractivity (Wildman–Crippen MR) is 76.7 cm³/mol. The fourth-order valence-corrected chi connectivity index (χ4v) is 3.72. The van der Waals surface area contributed by atoms with E-state index in [4.69, 9.17) is 0 Å². The zero-order chi connectivity index (χ0) is 13.8. The Balaban J connectivity index is 2.71. The van der Waals surface area contributed by atoms with E-state index in [0.29, 0.717) is 18.3 Å². The molecule has 0 spiro atoms. The number of rotatable bonds is 4. The van der Waals surface area contributed by atoms with Crippen molar-refractivity contribution in [3.8, 4) is 0 Å². The summed E-state index contributed by atoms with van der Waals surface area (Å²) in [5.41, 5.74) is 0. The molecular formula is C12H23NO3S2. The fraction of sp³-hybridized carbons (Fsp3) is 0.917. The monoisotopic (exact) mass is 293 g/mol. The van der Waals surface area contributed by atoms with E-state index in [1.165, 1.54) is 6.92 Å². The van der Waals surface area contributed by atoms with Gasteiger partial charge in [-0.3, -0.25) is 4.79 Å². The van der Waals surface area contributed by atoms with Gasteiger partial charge in [0.05, 0.1) is 0 Å². The van der Waals surface area contributed by atoms with Gasteiger partial charge < -0.3 is 4.90 Å². The maximum Gasteiger partial charge on any atom is 0.240 e. The topological polar surface area (TPSA) is 54.5 Å². The maximum absolute atomic E-state index is 12.2. The maximum atomic E-state index is 12.2. The summed E-state index contributed by atoms with van der Waals surface area (Å²) in [7, 11) is -3.29. The second-order valence-corrected chi connectivity index (χ2v) is 8.77. The van der Waals surface area contributed by atoms with Gasteiger partial charge in [0.15, 0.2) is 9.84 Å². The first-order chi connectivity index (χ1) is 8.36. The number of carbonyl (C=O) groups excluding carboxylic acids is 1. The summed E-state index contributed by atoms with van der Waals surface area (Å²) in [6, 6.07) is 0. The van der Waals surface area contributed by atoms with Crippen molar-refractivity contribution in [2.24, 2.45) is 0 Å². The van der Waals surface area contributed by atoms with Crippen LogP contribution in [0.15, 0.2) is 0 Å². The molecule has 0 unspecified atom stereocenters.